The lowest BCUT2D eigenvalue weighted by atomic mass is 9.91. The standard InChI is InChI=1S/C18H21N3O/c1-22-15-7-4-6-14(12-15)16(17-8-2-3-9-19-17)13-18-20-10-5-11-21-18/h2-4,6-9,12,16H,5,10-11,13H2,1H3,(H,20,21). The first-order valence-electron chi connectivity index (χ1n) is 7.69. The Balaban J connectivity index is 1.93. The lowest BCUT2D eigenvalue weighted by Gasteiger charge is -2.21. The molecule has 0 aliphatic carbocycles. The Kier molecular flexibility index (Phi) is 4.68. The van der Waals surface area contributed by atoms with E-state index in [0.717, 1.165) is 43.2 Å². The summed E-state index contributed by atoms with van der Waals surface area (Å²) in [5.74, 6) is 2.13. The van der Waals surface area contributed by atoms with Crippen LogP contribution in [-0.4, -0.2) is 31.0 Å². The van der Waals surface area contributed by atoms with E-state index in [2.05, 4.69) is 33.5 Å². The van der Waals surface area contributed by atoms with Gasteiger partial charge in [0, 0.05) is 37.3 Å². The maximum absolute atomic E-state index is 5.36. The van der Waals surface area contributed by atoms with Crippen molar-refractivity contribution >= 4 is 5.84 Å². The fraction of sp³-hybridized carbons (Fsp3) is 0.333. The third-order valence-electron chi connectivity index (χ3n) is 3.91. The molecule has 2 aromatic rings. The highest BCUT2D eigenvalue weighted by atomic mass is 16.5. The molecule has 1 N–H and O–H groups in total. The number of ether oxygens (including phenoxy) is 1. The molecule has 1 atom stereocenters. The first-order chi connectivity index (χ1) is 10.9. The molecule has 22 heavy (non-hydrogen) atoms. The predicted molar refractivity (Wildman–Crippen MR) is 88.6 cm³/mol. The quantitative estimate of drug-likeness (QED) is 0.922. The second-order valence-corrected chi connectivity index (χ2v) is 5.40. The molecule has 2 heterocycles. The molecule has 0 bridgehead atoms. The van der Waals surface area contributed by atoms with Crippen LogP contribution in [0.5, 0.6) is 5.75 Å². The van der Waals surface area contributed by atoms with Crippen LogP contribution in [0.1, 0.15) is 30.0 Å². The molecule has 4 heteroatoms. The SMILES string of the molecule is COc1cccc(C(CC2=NCCCN2)c2ccccn2)c1. The largest absolute Gasteiger partial charge is 0.497 e. The van der Waals surface area contributed by atoms with Gasteiger partial charge < -0.3 is 10.1 Å². The van der Waals surface area contributed by atoms with Gasteiger partial charge >= 0.3 is 0 Å². The smallest absolute Gasteiger partial charge is 0.119 e. The number of aliphatic imine (C=N–C) groups is 1. The molecule has 0 fully saturated rings. The van der Waals surface area contributed by atoms with E-state index < -0.39 is 0 Å². The maximum Gasteiger partial charge on any atom is 0.119 e. The highest BCUT2D eigenvalue weighted by Gasteiger charge is 2.19. The first-order valence-corrected chi connectivity index (χ1v) is 7.69. The van der Waals surface area contributed by atoms with E-state index in [1.165, 1.54) is 5.56 Å². The van der Waals surface area contributed by atoms with Gasteiger partial charge in [-0.1, -0.05) is 18.2 Å². The Hall–Kier alpha value is -2.36. The average Bonchev–Trinajstić information content (AvgIpc) is 2.61. The summed E-state index contributed by atoms with van der Waals surface area (Å²) in [6, 6.07) is 14.3. The summed E-state index contributed by atoms with van der Waals surface area (Å²) in [7, 11) is 1.70. The Morgan fingerprint density at radius 3 is 2.91 bits per heavy atom. The van der Waals surface area contributed by atoms with Crippen molar-refractivity contribution in [2.24, 2.45) is 4.99 Å². The summed E-state index contributed by atoms with van der Waals surface area (Å²) < 4.78 is 5.36. The number of pyridine rings is 1. The van der Waals surface area contributed by atoms with E-state index in [1.54, 1.807) is 7.11 Å². The Morgan fingerprint density at radius 1 is 1.23 bits per heavy atom. The lowest BCUT2D eigenvalue weighted by Crippen LogP contribution is -2.31. The van der Waals surface area contributed by atoms with E-state index >= 15 is 0 Å². The topological polar surface area (TPSA) is 46.5 Å². The van der Waals surface area contributed by atoms with Gasteiger partial charge in [-0.3, -0.25) is 9.98 Å². The zero-order valence-electron chi connectivity index (χ0n) is 12.8. The van der Waals surface area contributed by atoms with Crippen molar-refractivity contribution in [3.63, 3.8) is 0 Å². The molecule has 1 aromatic heterocycles. The summed E-state index contributed by atoms with van der Waals surface area (Å²) in [6.45, 7) is 1.92. The van der Waals surface area contributed by atoms with Crippen molar-refractivity contribution in [3.05, 3.63) is 59.9 Å². The van der Waals surface area contributed by atoms with Crippen molar-refractivity contribution in [3.8, 4) is 5.75 Å². The van der Waals surface area contributed by atoms with Crippen LogP contribution in [0.3, 0.4) is 0 Å². The minimum Gasteiger partial charge on any atom is -0.497 e. The molecule has 4 nitrogen and oxygen atoms in total. The van der Waals surface area contributed by atoms with Gasteiger partial charge in [-0.2, -0.15) is 0 Å². The van der Waals surface area contributed by atoms with Crippen LogP contribution in [0.25, 0.3) is 0 Å². The number of amidine groups is 1. The normalized spacial score (nSPS) is 15.6. The minimum absolute atomic E-state index is 0.181. The summed E-state index contributed by atoms with van der Waals surface area (Å²) in [5.41, 5.74) is 2.26. The van der Waals surface area contributed by atoms with E-state index in [9.17, 15) is 0 Å². The monoisotopic (exact) mass is 295 g/mol. The van der Waals surface area contributed by atoms with Crippen LogP contribution in [0, 0.1) is 0 Å². The second kappa shape index (κ2) is 7.07. The fourth-order valence-corrected chi connectivity index (χ4v) is 2.75. The van der Waals surface area contributed by atoms with Gasteiger partial charge in [0.2, 0.25) is 0 Å². The molecule has 1 aliphatic rings. The van der Waals surface area contributed by atoms with Gasteiger partial charge in [0.15, 0.2) is 0 Å². The predicted octanol–water partition coefficient (Wildman–Crippen LogP) is 3.00. The summed E-state index contributed by atoms with van der Waals surface area (Å²) in [5, 5.41) is 3.41. The molecule has 0 radical (unpaired) electrons. The van der Waals surface area contributed by atoms with Crippen LogP contribution < -0.4 is 10.1 Å². The molecule has 1 aliphatic heterocycles. The molecule has 0 spiro atoms. The van der Waals surface area contributed by atoms with Gasteiger partial charge in [0.05, 0.1) is 12.9 Å². The van der Waals surface area contributed by atoms with Crippen molar-refractivity contribution in [1.82, 2.24) is 10.3 Å². The Morgan fingerprint density at radius 2 is 2.18 bits per heavy atom. The van der Waals surface area contributed by atoms with Crippen LogP contribution in [-0.2, 0) is 0 Å². The van der Waals surface area contributed by atoms with E-state index in [0.29, 0.717) is 0 Å². The zero-order valence-corrected chi connectivity index (χ0v) is 12.8. The van der Waals surface area contributed by atoms with Gasteiger partial charge in [0.1, 0.15) is 5.75 Å². The molecule has 114 valence electrons. The molecule has 1 aromatic carbocycles. The Bertz CT molecular complexity index is 640. The molecular weight excluding hydrogens is 274 g/mol. The van der Waals surface area contributed by atoms with E-state index in [4.69, 9.17) is 4.74 Å². The van der Waals surface area contributed by atoms with Gasteiger partial charge in [-0.05, 0) is 36.2 Å². The third-order valence-corrected chi connectivity index (χ3v) is 3.91. The van der Waals surface area contributed by atoms with Crippen LogP contribution >= 0.6 is 0 Å². The number of aromatic nitrogens is 1. The number of rotatable bonds is 5. The summed E-state index contributed by atoms with van der Waals surface area (Å²) >= 11 is 0. The van der Waals surface area contributed by atoms with Crippen molar-refractivity contribution in [2.75, 3.05) is 20.2 Å². The lowest BCUT2D eigenvalue weighted by molar-refractivity contribution is 0.414. The van der Waals surface area contributed by atoms with Crippen LogP contribution in [0.2, 0.25) is 0 Å². The van der Waals surface area contributed by atoms with Crippen molar-refractivity contribution < 1.29 is 4.74 Å². The summed E-state index contributed by atoms with van der Waals surface area (Å²) in [6.07, 6.45) is 3.79. The zero-order chi connectivity index (χ0) is 15.2. The molecule has 0 saturated carbocycles. The number of hydrogen-bond acceptors (Lipinski definition) is 4. The molecule has 0 saturated heterocycles. The molecule has 1 unspecified atom stereocenters. The average molecular weight is 295 g/mol. The van der Waals surface area contributed by atoms with Gasteiger partial charge in [0.25, 0.3) is 0 Å². The highest BCUT2D eigenvalue weighted by molar-refractivity contribution is 5.83. The minimum atomic E-state index is 0.181. The maximum atomic E-state index is 5.36. The molecule has 0 amide bonds. The first kappa shape index (κ1) is 14.6. The molecule has 3 rings (SSSR count). The number of nitrogens with one attached hydrogen (secondary N) is 1. The van der Waals surface area contributed by atoms with E-state index in [1.807, 2.05) is 30.5 Å². The van der Waals surface area contributed by atoms with Gasteiger partial charge in [-0.15, -0.1) is 0 Å². The van der Waals surface area contributed by atoms with Crippen molar-refractivity contribution in [2.45, 2.75) is 18.8 Å². The van der Waals surface area contributed by atoms with Crippen LogP contribution in [0.15, 0.2) is 53.7 Å². The number of nitrogens with zero attached hydrogens (tertiary/aromatic N) is 2. The van der Waals surface area contributed by atoms with Crippen LogP contribution in [0.4, 0.5) is 0 Å². The van der Waals surface area contributed by atoms with Gasteiger partial charge in [-0.25, -0.2) is 0 Å². The summed E-state index contributed by atoms with van der Waals surface area (Å²) in [4.78, 5) is 9.16. The number of hydrogen-bond donors (Lipinski definition) is 1. The van der Waals surface area contributed by atoms with Crippen molar-refractivity contribution in [1.29, 1.82) is 0 Å². The third kappa shape index (κ3) is 3.45. The van der Waals surface area contributed by atoms with E-state index in [-0.39, 0.29) is 5.92 Å². The number of methoxy groups -OCH3 is 1. The number of benzene rings is 1. The highest BCUT2D eigenvalue weighted by Crippen LogP contribution is 2.29. The second-order valence-electron chi connectivity index (χ2n) is 5.40. The molecular formula is C18H21N3O. The Labute approximate surface area is 131 Å². The fourth-order valence-electron chi connectivity index (χ4n) is 2.75.